The molecule has 1 fully saturated rings. The van der Waals surface area contributed by atoms with Gasteiger partial charge >= 0.3 is 5.97 Å². The fraction of sp³-hybridized carbons (Fsp3) is 0.562. The van der Waals surface area contributed by atoms with Gasteiger partial charge in [0.1, 0.15) is 0 Å². The smallest absolute Gasteiger partial charge is 0.338 e. The van der Waals surface area contributed by atoms with E-state index >= 15 is 0 Å². The Morgan fingerprint density at radius 1 is 1.45 bits per heavy atom. The Morgan fingerprint density at radius 3 is 2.90 bits per heavy atom. The summed E-state index contributed by atoms with van der Waals surface area (Å²) in [5.41, 5.74) is 7.29. The summed E-state index contributed by atoms with van der Waals surface area (Å²) in [5, 5.41) is 0.648. The fourth-order valence-corrected chi connectivity index (χ4v) is 4.07. The maximum Gasteiger partial charge on any atom is 0.338 e. The molecule has 2 rings (SSSR count). The molecule has 110 valence electrons. The van der Waals surface area contributed by atoms with Crippen molar-refractivity contribution in [1.29, 1.82) is 0 Å². The lowest BCUT2D eigenvalue weighted by atomic mass is 9.91. The van der Waals surface area contributed by atoms with Crippen molar-refractivity contribution < 1.29 is 9.53 Å². The van der Waals surface area contributed by atoms with E-state index in [1.54, 1.807) is 13.0 Å². The number of hydrogen-bond donors (Lipinski definition) is 1. The Bertz CT molecular complexity index is 476. The average molecular weight is 293 g/mol. The highest BCUT2D eigenvalue weighted by Crippen LogP contribution is 2.38. The van der Waals surface area contributed by atoms with E-state index in [9.17, 15) is 4.79 Å². The Morgan fingerprint density at radius 2 is 2.25 bits per heavy atom. The number of carbonyl (C=O) groups is 1. The predicted octanol–water partition coefficient (Wildman–Crippen LogP) is 4.12. The zero-order valence-electron chi connectivity index (χ0n) is 12.2. The van der Waals surface area contributed by atoms with Crippen LogP contribution in [0.1, 0.15) is 49.9 Å². The Labute approximate surface area is 125 Å². The molecular formula is C16H23NO2S. The molecule has 2 unspecified atom stereocenters. The van der Waals surface area contributed by atoms with Gasteiger partial charge in [0.25, 0.3) is 0 Å². The molecule has 3 nitrogen and oxygen atoms in total. The van der Waals surface area contributed by atoms with Gasteiger partial charge in [0, 0.05) is 15.8 Å². The highest BCUT2D eigenvalue weighted by molar-refractivity contribution is 8.00. The first-order chi connectivity index (χ1) is 9.60. The molecule has 1 aromatic carbocycles. The van der Waals surface area contributed by atoms with Crippen molar-refractivity contribution in [1.82, 2.24) is 0 Å². The molecule has 0 radical (unpaired) electrons. The first kappa shape index (κ1) is 15.2. The Hall–Kier alpha value is -1.16. The van der Waals surface area contributed by atoms with Crippen molar-refractivity contribution in [2.24, 2.45) is 5.92 Å². The summed E-state index contributed by atoms with van der Waals surface area (Å²) in [4.78, 5) is 12.7. The lowest BCUT2D eigenvalue weighted by Gasteiger charge is -2.26. The maximum absolute atomic E-state index is 11.7. The van der Waals surface area contributed by atoms with Crippen LogP contribution < -0.4 is 5.73 Å². The van der Waals surface area contributed by atoms with Crippen molar-refractivity contribution in [3.8, 4) is 0 Å². The summed E-state index contributed by atoms with van der Waals surface area (Å²) in [6.07, 6.45) is 5.16. The van der Waals surface area contributed by atoms with Gasteiger partial charge in [-0.3, -0.25) is 0 Å². The van der Waals surface area contributed by atoms with Crippen LogP contribution in [0.25, 0.3) is 0 Å². The molecule has 20 heavy (non-hydrogen) atoms. The molecule has 2 N–H and O–H groups in total. The van der Waals surface area contributed by atoms with Crippen molar-refractivity contribution >= 4 is 23.4 Å². The number of carbonyl (C=O) groups excluding carboxylic acids is 1. The number of nitrogen functional groups attached to an aromatic ring is 1. The van der Waals surface area contributed by atoms with Crippen LogP contribution in [-0.4, -0.2) is 17.8 Å². The molecule has 0 bridgehead atoms. The van der Waals surface area contributed by atoms with E-state index in [-0.39, 0.29) is 5.97 Å². The van der Waals surface area contributed by atoms with E-state index in [1.807, 2.05) is 23.9 Å². The highest BCUT2D eigenvalue weighted by atomic mass is 32.2. The van der Waals surface area contributed by atoms with Gasteiger partial charge < -0.3 is 10.5 Å². The number of nitrogens with two attached hydrogens (primary N) is 1. The minimum Gasteiger partial charge on any atom is -0.462 e. The number of thioether (sulfide) groups is 1. The summed E-state index contributed by atoms with van der Waals surface area (Å²) in [6, 6.07) is 5.49. The molecule has 0 saturated heterocycles. The second-order valence-electron chi connectivity index (χ2n) is 5.48. The standard InChI is InChI=1S/C16H23NO2S/c1-3-19-16(18)12-7-8-15(14(17)10-12)20-13-6-4-5-11(2)9-13/h7-8,10-11,13H,3-6,9,17H2,1-2H3. The minimum atomic E-state index is -0.304. The summed E-state index contributed by atoms with van der Waals surface area (Å²) >= 11 is 1.85. The summed E-state index contributed by atoms with van der Waals surface area (Å²) in [5.74, 6) is 0.503. The second-order valence-corrected chi connectivity index (χ2v) is 6.83. The summed E-state index contributed by atoms with van der Waals surface area (Å²) in [7, 11) is 0. The predicted molar refractivity (Wildman–Crippen MR) is 84.1 cm³/mol. The largest absolute Gasteiger partial charge is 0.462 e. The minimum absolute atomic E-state index is 0.304. The second kappa shape index (κ2) is 7.02. The van der Waals surface area contributed by atoms with Crippen molar-refractivity contribution in [2.45, 2.75) is 49.7 Å². The Balaban J connectivity index is 2.04. The number of ether oxygens (including phenoxy) is 1. The van der Waals surface area contributed by atoms with Gasteiger partial charge in [-0.25, -0.2) is 4.79 Å². The van der Waals surface area contributed by atoms with Crippen LogP contribution in [0.5, 0.6) is 0 Å². The van der Waals surface area contributed by atoms with Gasteiger partial charge in [0.05, 0.1) is 12.2 Å². The lowest BCUT2D eigenvalue weighted by Crippen LogP contribution is -2.15. The molecule has 0 heterocycles. The number of benzene rings is 1. The van der Waals surface area contributed by atoms with Crippen molar-refractivity contribution in [2.75, 3.05) is 12.3 Å². The molecule has 0 aromatic heterocycles. The quantitative estimate of drug-likeness (QED) is 0.670. The molecule has 2 atom stereocenters. The van der Waals surface area contributed by atoms with Crippen molar-refractivity contribution in [3.63, 3.8) is 0 Å². The molecule has 0 amide bonds. The topological polar surface area (TPSA) is 52.3 Å². The third-order valence-electron chi connectivity index (χ3n) is 3.70. The number of rotatable bonds is 4. The van der Waals surface area contributed by atoms with E-state index < -0.39 is 0 Å². The number of anilines is 1. The van der Waals surface area contributed by atoms with Crippen LogP contribution in [0.4, 0.5) is 5.69 Å². The Kier molecular flexibility index (Phi) is 5.35. The van der Waals surface area contributed by atoms with Gasteiger partial charge in [0.15, 0.2) is 0 Å². The average Bonchev–Trinajstić information content (AvgIpc) is 2.41. The van der Waals surface area contributed by atoms with Crippen LogP contribution in [-0.2, 0) is 4.74 Å². The molecule has 1 saturated carbocycles. The van der Waals surface area contributed by atoms with E-state index in [0.29, 0.717) is 23.1 Å². The van der Waals surface area contributed by atoms with Gasteiger partial charge in [-0.2, -0.15) is 0 Å². The third kappa shape index (κ3) is 3.92. The molecule has 1 aliphatic carbocycles. The van der Waals surface area contributed by atoms with E-state index in [4.69, 9.17) is 10.5 Å². The van der Waals surface area contributed by atoms with Crippen LogP contribution in [0.15, 0.2) is 23.1 Å². The molecule has 1 aliphatic rings. The molecule has 0 aliphatic heterocycles. The first-order valence-corrected chi connectivity index (χ1v) is 8.21. The lowest BCUT2D eigenvalue weighted by molar-refractivity contribution is 0.0526. The summed E-state index contributed by atoms with van der Waals surface area (Å²) in [6.45, 7) is 4.50. The molecule has 4 heteroatoms. The van der Waals surface area contributed by atoms with E-state index in [1.165, 1.54) is 25.7 Å². The highest BCUT2D eigenvalue weighted by Gasteiger charge is 2.20. The number of esters is 1. The van der Waals surface area contributed by atoms with Crippen LogP contribution in [0.2, 0.25) is 0 Å². The third-order valence-corrected chi connectivity index (χ3v) is 5.09. The zero-order chi connectivity index (χ0) is 14.5. The van der Waals surface area contributed by atoms with Crippen LogP contribution >= 0.6 is 11.8 Å². The SMILES string of the molecule is CCOC(=O)c1ccc(SC2CCCC(C)C2)c(N)c1. The van der Waals surface area contributed by atoms with E-state index in [2.05, 4.69) is 6.92 Å². The number of hydrogen-bond acceptors (Lipinski definition) is 4. The fourth-order valence-electron chi connectivity index (χ4n) is 2.66. The zero-order valence-corrected chi connectivity index (χ0v) is 13.0. The van der Waals surface area contributed by atoms with Crippen LogP contribution in [0.3, 0.4) is 0 Å². The van der Waals surface area contributed by atoms with Gasteiger partial charge in [-0.1, -0.05) is 19.8 Å². The van der Waals surface area contributed by atoms with E-state index in [0.717, 1.165) is 10.8 Å². The summed E-state index contributed by atoms with van der Waals surface area (Å²) < 4.78 is 4.99. The maximum atomic E-state index is 11.7. The molecule has 1 aromatic rings. The normalized spacial score (nSPS) is 22.5. The van der Waals surface area contributed by atoms with Crippen molar-refractivity contribution in [3.05, 3.63) is 23.8 Å². The first-order valence-electron chi connectivity index (χ1n) is 7.33. The monoisotopic (exact) mass is 293 g/mol. The van der Waals surface area contributed by atoms with Crippen LogP contribution in [0, 0.1) is 5.92 Å². The van der Waals surface area contributed by atoms with Gasteiger partial charge in [0.2, 0.25) is 0 Å². The molecule has 0 spiro atoms. The van der Waals surface area contributed by atoms with Gasteiger partial charge in [-0.15, -0.1) is 11.8 Å². The molecular weight excluding hydrogens is 270 g/mol. The van der Waals surface area contributed by atoms with Gasteiger partial charge in [-0.05, 0) is 43.9 Å².